The number of rotatable bonds is 15. The minimum absolute atomic E-state index is 0.0174. The standard InChI is InChI=1S/C40H64N6O7/c1-9-18-41-36(51)34(49)28(20-25-15-16-25)42-35(50)33-27(24(2)3)17-19-45(33)37(52)32(26-13-11-10-12-14-26)44-38(53)43-29(39(4,5)6)23-46-30(47)21-40(7,8)22-31(46)48/h9,24-29,32-33H,1,10-23H2,2-8H3,(H,41,51)(H,42,50)(H2,43,44,53)/t27-,28?,29-,32+,33+/m1/s1. The topological polar surface area (TPSA) is 174 Å². The summed E-state index contributed by atoms with van der Waals surface area (Å²) in [6.45, 7) is 17.6. The van der Waals surface area contributed by atoms with Crippen LogP contribution in [0.3, 0.4) is 0 Å². The van der Waals surface area contributed by atoms with E-state index in [1.54, 1.807) is 4.90 Å². The Bertz CT molecular complexity index is 1390. The van der Waals surface area contributed by atoms with E-state index >= 15 is 0 Å². The van der Waals surface area contributed by atoms with Crippen LogP contribution in [-0.4, -0.2) is 95.0 Å². The summed E-state index contributed by atoms with van der Waals surface area (Å²) in [7, 11) is 0. The maximum atomic E-state index is 14.7. The van der Waals surface area contributed by atoms with E-state index in [0.717, 1.165) is 44.9 Å². The number of nitrogens with zero attached hydrogens (tertiary/aromatic N) is 2. The highest BCUT2D eigenvalue weighted by atomic mass is 16.2. The average Bonchev–Trinajstić information content (AvgIpc) is 3.78. The zero-order chi connectivity index (χ0) is 39.2. The first-order chi connectivity index (χ1) is 24.8. The third kappa shape index (κ3) is 11.1. The number of carbonyl (C=O) groups excluding carboxylic acids is 7. The second-order valence-corrected chi connectivity index (χ2v) is 18.1. The molecule has 4 aliphatic rings. The van der Waals surface area contributed by atoms with Gasteiger partial charge in [-0.05, 0) is 60.2 Å². The number of piperidine rings is 1. The fraction of sp³-hybridized carbons (Fsp3) is 0.775. The molecule has 2 saturated heterocycles. The number of amides is 7. The third-order valence-corrected chi connectivity index (χ3v) is 11.6. The highest BCUT2D eigenvalue weighted by Crippen LogP contribution is 2.37. The number of hydrogen-bond acceptors (Lipinski definition) is 7. The maximum absolute atomic E-state index is 14.7. The van der Waals surface area contributed by atoms with Crippen LogP contribution in [0, 0.1) is 34.5 Å². The molecule has 5 atom stereocenters. The van der Waals surface area contributed by atoms with Gasteiger partial charge in [0.1, 0.15) is 12.1 Å². The van der Waals surface area contributed by atoms with Crippen molar-refractivity contribution in [2.75, 3.05) is 19.6 Å². The van der Waals surface area contributed by atoms with Crippen molar-refractivity contribution >= 4 is 41.4 Å². The SMILES string of the molecule is C=CCNC(=O)C(=O)C(CC1CC1)NC(=O)[C@@H]1[C@@H](C(C)C)CCN1C(=O)[C@@H](NC(=O)N[C@H](CN1C(=O)CC(C)(C)CC1=O)C(C)(C)C)C1CCCCC1. The first-order valence-corrected chi connectivity index (χ1v) is 19.8. The molecule has 2 heterocycles. The van der Waals surface area contributed by atoms with Crippen molar-refractivity contribution in [3.8, 4) is 0 Å². The lowest BCUT2D eigenvalue weighted by Crippen LogP contribution is -2.62. The van der Waals surface area contributed by atoms with Crippen molar-refractivity contribution in [3.05, 3.63) is 12.7 Å². The molecule has 0 aromatic heterocycles. The molecule has 0 spiro atoms. The fourth-order valence-corrected chi connectivity index (χ4v) is 8.19. The van der Waals surface area contributed by atoms with E-state index in [4.69, 9.17) is 0 Å². The smallest absolute Gasteiger partial charge is 0.315 e. The van der Waals surface area contributed by atoms with Crippen LogP contribution in [0.2, 0.25) is 0 Å². The van der Waals surface area contributed by atoms with Gasteiger partial charge in [0.25, 0.3) is 5.91 Å². The van der Waals surface area contributed by atoms with Crippen LogP contribution in [0.1, 0.15) is 119 Å². The summed E-state index contributed by atoms with van der Waals surface area (Å²) >= 11 is 0. The molecule has 4 fully saturated rings. The van der Waals surface area contributed by atoms with E-state index in [0.29, 0.717) is 19.4 Å². The van der Waals surface area contributed by atoms with Crippen molar-refractivity contribution in [3.63, 3.8) is 0 Å². The van der Waals surface area contributed by atoms with Gasteiger partial charge >= 0.3 is 6.03 Å². The third-order valence-electron chi connectivity index (χ3n) is 11.6. The van der Waals surface area contributed by atoms with Gasteiger partial charge in [-0.25, -0.2) is 4.79 Å². The van der Waals surface area contributed by atoms with Crippen molar-refractivity contribution in [2.24, 2.45) is 34.5 Å². The molecule has 0 aromatic carbocycles. The summed E-state index contributed by atoms with van der Waals surface area (Å²) in [5.74, 6) is -2.91. The van der Waals surface area contributed by atoms with Crippen molar-refractivity contribution in [2.45, 2.75) is 143 Å². The van der Waals surface area contributed by atoms with E-state index in [-0.39, 0.29) is 67.3 Å². The Morgan fingerprint density at radius 3 is 2.08 bits per heavy atom. The molecule has 53 heavy (non-hydrogen) atoms. The van der Waals surface area contributed by atoms with E-state index in [9.17, 15) is 33.6 Å². The van der Waals surface area contributed by atoms with Gasteiger partial charge in [0.2, 0.25) is 29.4 Å². The highest BCUT2D eigenvalue weighted by Gasteiger charge is 2.48. The van der Waals surface area contributed by atoms with E-state index in [1.165, 1.54) is 11.0 Å². The van der Waals surface area contributed by atoms with Crippen LogP contribution in [0.25, 0.3) is 0 Å². The van der Waals surface area contributed by atoms with Crippen LogP contribution in [0.4, 0.5) is 4.79 Å². The van der Waals surface area contributed by atoms with Gasteiger partial charge in [-0.2, -0.15) is 0 Å². The Labute approximate surface area is 315 Å². The van der Waals surface area contributed by atoms with Crippen LogP contribution < -0.4 is 21.3 Å². The number of nitrogens with one attached hydrogen (secondary N) is 4. The van der Waals surface area contributed by atoms with Crippen LogP contribution in [0.5, 0.6) is 0 Å². The molecule has 4 N–H and O–H groups in total. The Morgan fingerprint density at radius 1 is 0.906 bits per heavy atom. The Balaban J connectivity index is 1.55. The van der Waals surface area contributed by atoms with E-state index in [2.05, 4.69) is 27.8 Å². The molecule has 13 heteroatoms. The molecule has 2 aliphatic carbocycles. The second kappa shape index (κ2) is 17.6. The largest absolute Gasteiger partial charge is 0.346 e. The Hall–Kier alpha value is -3.77. The monoisotopic (exact) mass is 740 g/mol. The lowest BCUT2D eigenvalue weighted by Gasteiger charge is -2.40. The second-order valence-electron chi connectivity index (χ2n) is 18.1. The first kappa shape index (κ1) is 42.0. The van der Waals surface area contributed by atoms with Crippen LogP contribution >= 0.6 is 0 Å². The lowest BCUT2D eigenvalue weighted by atomic mass is 9.80. The number of Topliss-reactive ketones (excluding diaryl/α,β-unsaturated/α-hetero) is 1. The molecule has 2 saturated carbocycles. The summed E-state index contributed by atoms with van der Waals surface area (Å²) in [5, 5.41) is 11.4. The number of imide groups is 1. The van der Waals surface area contributed by atoms with Crippen molar-refractivity contribution in [1.29, 1.82) is 0 Å². The quantitative estimate of drug-likeness (QED) is 0.112. The highest BCUT2D eigenvalue weighted by molar-refractivity contribution is 6.38. The number of ketones is 1. The van der Waals surface area contributed by atoms with Gasteiger partial charge in [-0.3, -0.25) is 33.7 Å². The average molecular weight is 741 g/mol. The fourth-order valence-electron chi connectivity index (χ4n) is 8.19. The van der Waals surface area contributed by atoms with Gasteiger partial charge in [-0.1, -0.05) is 86.6 Å². The predicted molar refractivity (Wildman–Crippen MR) is 201 cm³/mol. The maximum Gasteiger partial charge on any atom is 0.315 e. The minimum Gasteiger partial charge on any atom is -0.346 e. The number of hydrogen-bond donors (Lipinski definition) is 4. The molecule has 0 aromatic rings. The summed E-state index contributed by atoms with van der Waals surface area (Å²) in [5.41, 5.74) is -0.957. The molecule has 2 aliphatic heterocycles. The molecule has 7 amide bonds. The number of urea groups is 1. The van der Waals surface area contributed by atoms with Crippen LogP contribution in [0.15, 0.2) is 12.7 Å². The van der Waals surface area contributed by atoms with E-state index < -0.39 is 58.6 Å². The normalized spacial score (nSPS) is 23.9. The lowest BCUT2D eigenvalue weighted by molar-refractivity contribution is -0.153. The van der Waals surface area contributed by atoms with Gasteiger partial charge < -0.3 is 26.2 Å². The summed E-state index contributed by atoms with van der Waals surface area (Å²) in [6.07, 6.45) is 9.06. The van der Waals surface area contributed by atoms with Gasteiger partial charge in [0, 0.05) is 32.5 Å². The predicted octanol–water partition coefficient (Wildman–Crippen LogP) is 3.85. The summed E-state index contributed by atoms with van der Waals surface area (Å²) in [6, 6.07) is -3.98. The minimum atomic E-state index is -1.01. The van der Waals surface area contributed by atoms with Gasteiger partial charge in [0.05, 0.1) is 12.1 Å². The molecule has 0 radical (unpaired) electrons. The Morgan fingerprint density at radius 2 is 1.53 bits per heavy atom. The first-order valence-electron chi connectivity index (χ1n) is 19.8. The van der Waals surface area contributed by atoms with Crippen LogP contribution in [-0.2, 0) is 28.8 Å². The summed E-state index contributed by atoms with van der Waals surface area (Å²) in [4.78, 5) is 97.6. The number of carbonyl (C=O) groups is 7. The van der Waals surface area contributed by atoms with Gasteiger partial charge in [-0.15, -0.1) is 6.58 Å². The molecule has 1 unspecified atom stereocenters. The van der Waals surface area contributed by atoms with Gasteiger partial charge in [0.15, 0.2) is 0 Å². The molecule has 296 valence electrons. The zero-order valence-corrected chi connectivity index (χ0v) is 33.1. The summed E-state index contributed by atoms with van der Waals surface area (Å²) < 4.78 is 0. The molecule has 4 rings (SSSR count). The molecule has 0 bridgehead atoms. The molecule has 13 nitrogen and oxygen atoms in total. The zero-order valence-electron chi connectivity index (χ0n) is 33.1. The molecular weight excluding hydrogens is 676 g/mol. The molecular formula is C40H64N6O7. The van der Waals surface area contributed by atoms with Crippen molar-refractivity contribution < 1.29 is 33.6 Å². The van der Waals surface area contributed by atoms with E-state index in [1.807, 2.05) is 48.5 Å². The number of likely N-dealkylation sites (tertiary alicyclic amines) is 2. The Kier molecular flexibility index (Phi) is 13.9. The van der Waals surface area contributed by atoms with Crippen molar-refractivity contribution in [1.82, 2.24) is 31.1 Å².